The Morgan fingerprint density at radius 2 is 1.74 bits per heavy atom. The van der Waals surface area contributed by atoms with E-state index in [1.807, 2.05) is 6.92 Å². The fraction of sp³-hybridized carbons (Fsp3) is 0.864. The van der Waals surface area contributed by atoms with E-state index in [0.29, 0.717) is 12.3 Å². The SMILES string of the molecule is CCOC(=O)C1C[C@H]2[C@]3(C)[C@@H](OC(C)=O)CCC(C)(C)[C@H]3CC[C@@]2(C)C1=O. The summed E-state index contributed by atoms with van der Waals surface area (Å²) in [5, 5.41) is 0. The first kappa shape index (κ1) is 20.3. The van der Waals surface area contributed by atoms with Gasteiger partial charge in [0.25, 0.3) is 0 Å². The van der Waals surface area contributed by atoms with Gasteiger partial charge >= 0.3 is 11.9 Å². The second-order valence-corrected chi connectivity index (χ2v) is 9.96. The lowest BCUT2D eigenvalue weighted by molar-refractivity contribution is -0.201. The molecule has 5 heteroatoms. The van der Waals surface area contributed by atoms with Crippen LogP contribution < -0.4 is 0 Å². The van der Waals surface area contributed by atoms with Crippen LogP contribution in [0.4, 0.5) is 0 Å². The zero-order valence-electron chi connectivity index (χ0n) is 17.6. The van der Waals surface area contributed by atoms with Crippen LogP contribution in [0.3, 0.4) is 0 Å². The zero-order valence-corrected chi connectivity index (χ0v) is 17.6. The van der Waals surface area contributed by atoms with Crippen molar-refractivity contribution in [3.05, 3.63) is 0 Å². The van der Waals surface area contributed by atoms with E-state index >= 15 is 0 Å². The van der Waals surface area contributed by atoms with Crippen LogP contribution in [-0.2, 0) is 23.9 Å². The summed E-state index contributed by atoms with van der Waals surface area (Å²) in [6, 6.07) is 0. The summed E-state index contributed by atoms with van der Waals surface area (Å²) in [7, 11) is 0. The molecule has 3 aliphatic rings. The molecular formula is C22H34O5. The summed E-state index contributed by atoms with van der Waals surface area (Å²) >= 11 is 0. The van der Waals surface area contributed by atoms with E-state index in [1.54, 1.807) is 6.92 Å². The van der Waals surface area contributed by atoms with E-state index in [9.17, 15) is 14.4 Å². The fourth-order valence-electron chi connectivity index (χ4n) is 6.91. The van der Waals surface area contributed by atoms with E-state index in [1.165, 1.54) is 6.92 Å². The van der Waals surface area contributed by atoms with Crippen LogP contribution in [0.5, 0.6) is 0 Å². The monoisotopic (exact) mass is 378 g/mol. The Morgan fingerprint density at radius 1 is 1.07 bits per heavy atom. The van der Waals surface area contributed by atoms with Crippen molar-refractivity contribution >= 4 is 17.7 Å². The molecule has 0 bridgehead atoms. The number of carbonyl (C=O) groups excluding carboxylic acids is 3. The highest BCUT2D eigenvalue weighted by Gasteiger charge is 2.68. The van der Waals surface area contributed by atoms with Crippen LogP contribution >= 0.6 is 0 Å². The van der Waals surface area contributed by atoms with Crippen molar-refractivity contribution in [2.45, 2.75) is 79.8 Å². The number of fused-ring (bicyclic) bond motifs is 3. The minimum atomic E-state index is -0.682. The Balaban J connectivity index is 2.04. The average molecular weight is 379 g/mol. The molecule has 0 aromatic rings. The van der Waals surface area contributed by atoms with Gasteiger partial charge in [-0.15, -0.1) is 0 Å². The third-order valence-corrected chi connectivity index (χ3v) is 8.14. The first-order valence-corrected chi connectivity index (χ1v) is 10.4. The maximum atomic E-state index is 13.3. The molecular weight excluding hydrogens is 344 g/mol. The molecule has 0 saturated heterocycles. The number of rotatable bonds is 3. The number of ketones is 1. The highest BCUT2D eigenvalue weighted by atomic mass is 16.5. The van der Waals surface area contributed by atoms with E-state index in [-0.39, 0.29) is 41.2 Å². The van der Waals surface area contributed by atoms with Gasteiger partial charge in [-0.25, -0.2) is 0 Å². The summed E-state index contributed by atoms with van der Waals surface area (Å²) in [6.45, 7) is 12.3. The topological polar surface area (TPSA) is 69.7 Å². The second-order valence-electron chi connectivity index (χ2n) is 9.96. The Morgan fingerprint density at radius 3 is 2.33 bits per heavy atom. The Labute approximate surface area is 162 Å². The molecule has 5 nitrogen and oxygen atoms in total. The van der Waals surface area contributed by atoms with Crippen molar-refractivity contribution in [3.63, 3.8) is 0 Å². The Kier molecular flexibility index (Phi) is 4.97. The Hall–Kier alpha value is -1.39. The van der Waals surface area contributed by atoms with Gasteiger partial charge in [0, 0.05) is 17.8 Å². The normalized spacial score (nSPS) is 42.8. The molecule has 152 valence electrons. The van der Waals surface area contributed by atoms with E-state index in [2.05, 4.69) is 20.8 Å². The van der Waals surface area contributed by atoms with Gasteiger partial charge in [-0.05, 0) is 56.3 Å². The van der Waals surface area contributed by atoms with Gasteiger partial charge in [-0.1, -0.05) is 27.7 Å². The minimum Gasteiger partial charge on any atom is -0.465 e. The van der Waals surface area contributed by atoms with Gasteiger partial charge in [0.2, 0.25) is 0 Å². The van der Waals surface area contributed by atoms with Crippen molar-refractivity contribution in [3.8, 4) is 0 Å². The van der Waals surface area contributed by atoms with Crippen LogP contribution in [0.2, 0.25) is 0 Å². The maximum Gasteiger partial charge on any atom is 0.316 e. The summed E-state index contributed by atoms with van der Waals surface area (Å²) < 4.78 is 11.0. The van der Waals surface area contributed by atoms with Gasteiger partial charge < -0.3 is 9.47 Å². The molecule has 27 heavy (non-hydrogen) atoms. The second kappa shape index (κ2) is 6.59. The zero-order chi connectivity index (χ0) is 20.2. The molecule has 0 radical (unpaired) electrons. The van der Waals surface area contributed by atoms with Crippen LogP contribution in [0.1, 0.15) is 73.6 Å². The molecule has 0 aromatic carbocycles. The molecule has 0 amide bonds. The quantitative estimate of drug-likeness (QED) is 0.550. The third kappa shape index (κ3) is 2.92. The highest BCUT2D eigenvalue weighted by molar-refractivity contribution is 6.04. The molecule has 3 fully saturated rings. The molecule has 0 N–H and O–H groups in total. The highest BCUT2D eigenvalue weighted by Crippen LogP contribution is 2.68. The Bertz CT molecular complexity index is 653. The summed E-state index contributed by atoms with van der Waals surface area (Å²) in [5.41, 5.74) is -0.733. The molecule has 1 unspecified atom stereocenters. The lowest BCUT2D eigenvalue weighted by Gasteiger charge is -2.62. The van der Waals surface area contributed by atoms with Crippen molar-refractivity contribution < 1.29 is 23.9 Å². The largest absolute Gasteiger partial charge is 0.465 e. The van der Waals surface area contributed by atoms with Crippen molar-refractivity contribution in [2.24, 2.45) is 34.0 Å². The smallest absolute Gasteiger partial charge is 0.316 e. The lowest BCUT2D eigenvalue weighted by Crippen LogP contribution is -2.61. The van der Waals surface area contributed by atoms with Crippen LogP contribution in [0, 0.1) is 34.0 Å². The van der Waals surface area contributed by atoms with Gasteiger partial charge in [-0.2, -0.15) is 0 Å². The molecule has 0 aliphatic heterocycles. The van der Waals surface area contributed by atoms with Gasteiger partial charge in [0.15, 0.2) is 5.78 Å². The fourth-order valence-corrected chi connectivity index (χ4v) is 6.91. The number of hydrogen-bond donors (Lipinski definition) is 0. The van der Waals surface area contributed by atoms with Crippen molar-refractivity contribution in [2.75, 3.05) is 6.61 Å². The standard InChI is InChI=1S/C22H34O5/c1-7-26-19(25)14-12-16-21(5,18(14)24)11-8-15-20(3,4)10-9-17(22(15,16)6)27-13(2)23/h14-17H,7-12H2,1-6H3/t14?,15-,16-,17+,21-,22-/m1/s1. The van der Waals surface area contributed by atoms with Gasteiger partial charge in [-0.3, -0.25) is 14.4 Å². The first-order chi connectivity index (χ1) is 12.5. The van der Waals surface area contributed by atoms with Crippen LogP contribution in [-0.4, -0.2) is 30.4 Å². The molecule has 3 aliphatic carbocycles. The predicted octanol–water partition coefficient (Wildman–Crippen LogP) is 3.93. The minimum absolute atomic E-state index is 0.0228. The molecule has 3 rings (SSSR count). The average Bonchev–Trinajstić information content (AvgIpc) is 2.83. The first-order valence-electron chi connectivity index (χ1n) is 10.4. The van der Waals surface area contributed by atoms with Crippen LogP contribution in [0.15, 0.2) is 0 Å². The van der Waals surface area contributed by atoms with E-state index in [4.69, 9.17) is 9.47 Å². The number of esters is 2. The number of ether oxygens (including phenoxy) is 2. The number of hydrogen-bond acceptors (Lipinski definition) is 5. The van der Waals surface area contributed by atoms with Gasteiger partial charge in [0.05, 0.1) is 6.61 Å². The lowest BCUT2D eigenvalue weighted by atomic mass is 9.43. The van der Waals surface area contributed by atoms with Crippen molar-refractivity contribution in [1.29, 1.82) is 0 Å². The summed E-state index contributed by atoms with van der Waals surface area (Å²) in [5.74, 6) is -0.936. The third-order valence-electron chi connectivity index (χ3n) is 8.14. The summed E-state index contributed by atoms with van der Waals surface area (Å²) in [4.78, 5) is 37.6. The van der Waals surface area contributed by atoms with Gasteiger partial charge in [0.1, 0.15) is 12.0 Å². The van der Waals surface area contributed by atoms with E-state index in [0.717, 1.165) is 25.7 Å². The molecule has 6 atom stereocenters. The molecule has 0 spiro atoms. The van der Waals surface area contributed by atoms with Crippen LogP contribution in [0.25, 0.3) is 0 Å². The van der Waals surface area contributed by atoms with E-state index < -0.39 is 17.3 Å². The summed E-state index contributed by atoms with van der Waals surface area (Å²) in [6.07, 6.45) is 3.84. The number of carbonyl (C=O) groups is 3. The predicted molar refractivity (Wildman–Crippen MR) is 101 cm³/mol. The molecule has 0 aromatic heterocycles. The molecule has 3 saturated carbocycles. The maximum absolute atomic E-state index is 13.3. The van der Waals surface area contributed by atoms with Crippen molar-refractivity contribution in [1.82, 2.24) is 0 Å². The number of Topliss-reactive ketones (excluding diaryl/α,β-unsaturated/α-hetero) is 1. The molecule has 0 heterocycles.